The Morgan fingerprint density at radius 2 is 2.11 bits per heavy atom. The normalized spacial score (nSPS) is 20.2. The number of rotatable bonds is 1. The number of amides is 2. The Balaban J connectivity index is 2.23. The average Bonchev–Trinajstić information content (AvgIpc) is 2.32. The smallest absolute Gasteiger partial charge is 0.249 e. The van der Waals surface area contributed by atoms with Crippen LogP contribution in [0.2, 0.25) is 5.02 Å². The average molecular weight is 267 g/mol. The third kappa shape index (κ3) is 2.34. The molecule has 2 rings (SSSR count). The molecule has 18 heavy (non-hydrogen) atoms. The molecule has 0 spiro atoms. The van der Waals surface area contributed by atoms with Crippen LogP contribution >= 0.6 is 11.6 Å². The first-order valence-electron chi connectivity index (χ1n) is 5.85. The Bertz CT molecular complexity index is 490. The minimum Gasteiger partial charge on any atom is -0.329 e. The van der Waals surface area contributed by atoms with Crippen LogP contribution in [0.1, 0.15) is 13.8 Å². The van der Waals surface area contributed by atoms with Crippen LogP contribution in [-0.4, -0.2) is 35.8 Å². The molecular weight excluding hydrogens is 252 g/mol. The number of nitrogens with zero attached hydrogens (tertiary/aromatic N) is 2. The van der Waals surface area contributed by atoms with Gasteiger partial charge in [0.15, 0.2) is 0 Å². The van der Waals surface area contributed by atoms with Gasteiger partial charge in [-0.3, -0.25) is 9.59 Å². The maximum Gasteiger partial charge on any atom is 0.249 e. The molecule has 1 aromatic carbocycles. The van der Waals surface area contributed by atoms with E-state index in [4.69, 9.17) is 11.6 Å². The van der Waals surface area contributed by atoms with Gasteiger partial charge in [-0.1, -0.05) is 17.7 Å². The Morgan fingerprint density at radius 1 is 1.39 bits per heavy atom. The van der Waals surface area contributed by atoms with E-state index < -0.39 is 6.04 Å². The fourth-order valence-electron chi connectivity index (χ4n) is 2.20. The quantitative estimate of drug-likeness (QED) is 0.779. The van der Waals surface area contributed by atoms with Crippen LogP contribution in [0.25, 0.3) is 0 Å². The van der Waals surface area contributed by atoms with Gasteiger partial charge in [-0.15, -0.1) is 0 Å². The fraction of sp³-hybridized carbons (Fsp3) is 0.385. The summed E-state index contributed by atoms with van der Waals surface area (Å²) in [6.45, 7) is 4.29. The van der Waals surface area contributed by atoms with Gasteiger partial charge in [0.25, 0.3) is 0 Å². The SMILES string of the molecule is CC(=O)N1CCN(c2cccc(Cl)c2)C(=O)C1C. The van der Waals surface area contributed by atoms with Gasteiger partial charge in [-0.05, 0) is 25.1 Å². The van der Waals surface area contributed by atoms with Crippen LogP contribution in [0, 0.1) is 0 Å². The van der Waals surface area contributed by atoms with Crippen molar-refractivity contribution in [3.63, 3.8) is 0 Å². The van der Waals surface area contributed by atoms with Gasteiger partial charge in [-0.25, -0.2) is 0 Å². The molecule has 4 nitrogen and oxygen atoms in total. The van der Waals surface area contributed by atoms with Gasteiger partial charge in [0.1, 0.15) is 6.04 Å². The number of carbonyl (C=O) groups excluding carboxylic acids is 2. The molecule has 1 aliphatic heterocycles. The number of anilines is 1. The second-order valence-corrected chi connectivity index (χ2v) is 4.79. The first kappa shape index (κ1) is 12.9. The summed E-state index contributed by atoms with van der Waals surface area (Å²) >= 11 is 5.92. The highest BCUT2D eigenvalue weighted by Gasteiger charge is 2.33. The Kier molecular flexibility index (Phi) is 3.57. The molecule has 1 heterocycles. The zero-order valence-electron chi connectivity index (χ0n) is 10.4. The van der Waals surface area contributed by atoms with Crippen molar-refractivity contribution in [2.45, 2.75) is 19.9 Å². The monoisotopic (exact) mass is 266 g/mol. The van der Waals surface area contributed by atoms with E-state index in [1.54, 1.807) is 28.9 Å². The van der Waals surface area contributed by atoms with E-state index in [-0.39, 0.29) is 11.8 Å². The predicted octanol–water partition coefficient (Wildman–Crippen LogP) is 1.92. The second kappa shape index (κ2) is 4.98. The van der Waals surface area contributed by atoms with E-state index >= 15 is 0 Å². The van der Waals surface area contributed by atoms with Crippen molar-refractivity contribution >= 4 is 29.1 Å². The minimum absolute atomic E-state index is 0.0680. The molecule has 1 aliphatic rings. The largest absolute Gasteiger partial charge is 0.329 e. The third-order valence-corrected chi connectivity index (χ3v) is 3.41. The highest BCUT2D eigenvalue weighted by atomic mass is 35.5. The summed E-state index contributed by atoms with van der Waals surface area (Å²) in [4.78, 5) is 26.9. The highest BCUT2D eigenvalue weighted by Crippen LogP contribution is 2.23. The van der Waals surface area contributed by atoms with Gasteiger partial charge in [0.2, 0.25) is 11.8 Å². The van der Waals surface area contributed by atoms with E-state index in [2.05, 4.69) is 0 Å². The van der Waals surface area contributed by atoms with Crippen molar-refractivity contribution in [1.29, 1.82) is 0 Å². The number of piperazine rings is 1. The van der Waals surface area contributed by atoms with Crippen LogP contribution in [0.5, 0.6) is 0 Å². The highest BCUT2D eigenvalue weighted by molar-refractivity contribution is 6.30. The number of carbonyl (C=O) groups is 2. The summed E-state index contributed by atoms with van der Waals surface area (Å²) in [6.07, 6.45) is 0. The first-order chi connectivity index (χ1) is 8.50. The van der Waals surface area contributed by atoms with Gasteiger partial charge < -0.3 is 9.80 Å². The Morgan fingerprint density at radius 3 is 2.72 bits per heavy atom. The van der Waals surface area contributed by atoms with E-state index in [1.807, 2.05) is 12.1 Å². The lowest BCUT2D eigenvalue weighted by atomic mass is 10.1. The number of hydrogen-bond donors (Lipinski definition) is 0. The summed E-state index contributed by atoms with van der Waals surface area (Å²) in [5, 5.41) is 0.599. The maximum absolute atomic E-state index is 12.2. The molecular formula is C13H15ClN2O2. The molecule has 1 fully saturated rings. The van der Waals surface area contributed by atoms with E-state index in [0.29, 0.717) is 18.1 Å². The van der Waals surface area contributed by atoms with Crippen LogP contribution in [0.4, 0.5) is 5.69 Å². The van der Waals surface area contributed by atoms with Gasteiger partial charge in [-0.2, -0.15) is 0 Å². The van der Waals surface area contributed by atoms with Crippen LogP contribution in [0.15, 0.2) is 24.3 Å². The van der Waals surface area contributed by atoms with Crippen molar-refractivity contribution in [3.8, 4) is 0 Å². The topological polar surface area (TPSA) is 40.6 Å². The lowest BCUT2D eigenvalue weighted by molar-refractivity contribution is -0.139. The standard InChI is InChI=1S/C13H15ClN2O2/c1-9-13(18)16(7-6-15(9)10(2)17)12-5-3-4-11(14)8-12/h3-5,8-9H,6-7H2,1-2H3. The molecule has 1 unspecified atom stereocenters. The molecule has 0 N–H and O–H groups in total. The summed E-state index contributed by atoms with van der Waals surface area (Å²) in [5.41, 5.74) is 0.780. The Labute approximate surface area is 111 Å². The van der Waals surface area contributed by atoms with Crippen molar-refractivity contribution in [2.75, 3.05) is 18.0 Å². The Hall–Kier alpha value is -1.55. The fourth-order valence-corrected chi connectivity index (χ4v) is 2.39. The minimum atomic E-state index is -0.421. The molecule has 2 amide bonds. The zero-order valence-corrected chi connectivity index (χ0v) is 11.1. The first-order valence-corrected chi connectivity index (χ1v) is 6.22. The maximum atomic E-state index is 12.2. The molecule has 0 saturated carbocycles. The zero-order chi connectivity index (χ0) is 13.3. The lowest BCUT2D eigenvalue weighted by Gasteiger charge is -2.38. The van der Waals surface area contributed by atoms with Crippen molar-refractivity contribution < 1.29 is 9.59 Å². The van der Waals surface area contributed by atoms with E-state index in [9.17, 15) is 9.59 Å². The van der Waals surface area contributed by atoms with E-state index in [1.165, 1.54) is 6.92 Å². The van der Waals surface area contributed by atoms with Crippen LogP contribution in [0.3, 0.4) is 0 Å². The third-order valence-electron chi connectivity index (χ3n) is 3.18. The summed E-state index contributed by atoms with van der Waals surface area (Å²) in [7, 11) is 0. The van der Waals surface area contributed by atoms with Gasteiger partial charge in [0.05, 0.1) is 0 Å². The molecule has 1 aromatic rings. The summed E-state index contributed by atoms with van der Waals surface area (Å²) in [6, 6.07) is 6.77. The lowest BCUT2D eigenvalue weighted by Crippen LogP contribution is -2.57. The molecule has 5 heteroatoms. The van der Waals surface area contributed by atoms with Crippen molar-refractivity contribution in [3.05, 3.63) is 29.3 Å². The molecule has 0 bridgehead atoms. The summed E-state index contributed by atoms with van der Waals surface area (Å²) in [5.74, 6) is -0.139. The molecule has 1 atom stereocenters. The van der Waals surface area contributed by atoms with Crippen LogP contribution in [-0.2, 0) is 9.59 Å². The molecule has 0 radical (unpaired) electrons. The van der Waals surface area contributed by atoms with Crippen molar-refractivity contribution in [2.24, 2.45) is 0 Å². The number of halogens is 1. The van der Waals surface area contributed by atoms with Crippen LogP contribution < -0.4 is 4.90 Å². The molecule has 96 valence electrons. The predicted molar refractivity (Wildman–Crippen MR) is 70.7 cm³/mol. The molecule has 0 aliphatic carbocycles. The molecule has 1 saturated heterocycles. The number of benzene rings is 1. The van der Waals surface area contributed by atoms with E-state index in [0.717, 1.165) is 5.69 Å². The van der Waals surface area contributed by atoms with Crippen molar-refractivity contribution in [1.82, 2.24) is 4.90 Å². The van der Waals surface area contributed by atoms with Gasteiger partial charge >= 0.3 is 0 Å². The molecule has 0 aromatic heterocycles. The summed E-state index contributed by atoms with van der Waals surface area (Å²) < 4.78 is 0. The second-order valence-electron chi connectivity index (χ2n) is 4.36. The number of hydrogen-bond acceptors (Lipinski definition) is 2. The van der Waals surface area contributed by atoms with Gasteiger partial charge in [0, 0.05) is 30.7 Å².